The van der Waals surface area contributed by atoms with Gasteiger partial charge in [0.1, 0.15) is 11.5 Å². The molecule has 0 aliphatic rings. The van der Waals surface area contributed by atoms with E-state index in [-0.39, 0.29) is 0 Å². The molecule has 0 unspecified atom stereocenters. The Labute approximate surface area is 421 Å². The number of carbonyl (C=O) groups is 2. The van der Waals surface area contributed by atoms with Crippen LogP contribution in [-0.2, 0) is 22.3 Å². The van der Waals surface area contributed by atoms with Gasteiger partial charge in [0.05, 0.1) is 13.2 Å². The summed E-state index contributed by atoms with van der Waals surface area (Å²) in [6.45, 7) is 9.68. The fourth-order valence-corrected chi connectivity index (χ4v) is 10.3. The van der Waals surface area contributed by atoms with Crippen molar-refractivity contribution in [1.82, 2.24) is 0 Å². The second-order valence-corrected chi connectivity index (χ2v) is 19.9. The van der Waals surface area contributed by atoms with Crippen molar-refractivity contribution in [3.63, 3.8) is 0 Å². The molecular weight excluding hydrogens is 865 g/mol. The largest absolute Gasteiger partial charge is 0.513 e. The van der Waals surface area contributed by atoms with Crippen LogP contribution in [-0.4, -0.2) is 25.5 Å². The van der Waals surface area contributed by atoms with Crippen LogP contribution in [0.25, 0.3) is 54.2 Å². The van der Waals surface area contributed by atoms with Gasteiger partial charge in [-0.3, -0.25) is 0 Å². The van der Waals surface area contributed by atoms with Crippen LogP contribution in [0.5, 0.6) is 11.5 Å². The normalized spacial score (nSPS) is 11.5. The van der Waals surface area contributed by atoms with Crippen LogP contribution in [0.3, 0.4) is 0 Å². The number of hydrogen-bond donors (Lipinski definition) is 0. The van der Waals surface area contributed by atoms with Crippen molar-refractivity contribution in [2.24, 2.45) is 0 Å². The molecule has 0 radical (unpaired) electrons. The first kappa shape index (κ1) is 54.2. The van der Waals surface area contributed by atoms with Crippen molar-refractivity contribution in [1.29, 1.82) is 0 Å². The van der Waals surface area contributed by atoms with Crippen LogP contribution in [0.4, 0.5) is 9.59 Å². The van der Waals surface area contributed by atoms with E-state index in [0.29, 0.717) is 24.7 Å². The van der Waals surface area contributed by atoms with E-state index in [9.17, 15) is 9.59 Å². The van der Waals surface area contributed by atoms with E-state index < -0.39 is 12.3 Å². The zero-order valence-electron chi connectivity index (χ0n) is 43.7. The molecule has 0 aliphatic heterocycles. The minimum absolute atomic E-state index is 0.337. The van der Waals surface area contributed by atoms with Gasteiger partial charge in [0, 0.05) is 21.5 Å². The highest BCUT2D eigenvalue weighted by Gasteiger charge is 2.25. The molecule has 0 N–H and O–H groups in total. The van der Waals surface area contributed by atoms with Gasteiger partial charge in [-0.2, -0.15) is 0 Å². The highest BCUT2D eigenvalue weighted by molar-refractivity contribution is 6.27. The predicted octanol–water partition coefficient (Wildman–Crippen LogP) is 20.3. The fraction of sp³-hybridized carbons (Fsp3) is 0.531. The number of ether oxygens (including phenoxy) is 4. The van der Waals surface area contributed by atoms with Gasteiger partial charge in [-0.1, -0.05) is 254 Å². The van der Waals surface area contributed by atoms with Crippen molar-refractivity contribution in [3.8, 4) is 22.6 Å². The number of aryl methyl sites for hydroxylation is 2. The lowest BCUT2D eigenvalue weighted by Crippen LogP contribution is -2.12. The Bertz CT molecular complexity index is 2350. The minimum Gasteiger partial charge on any atom is -0.434 e. The van der Waals surface area contributed by atoms with E-state index in [0.717, 1.165) is 118 Å². The smallest absolute Gasteiger partial charge is 0.434 e. The summed E-state index contributed by atoms with van der Waals surface area (Å²) in [7, 11) is 0. The number of hydrogen-bond acceptors (Lipinski definition) is 6. The topological polar surface area (TPSA) is 71.1 Å². The van der Waals surface area contributed by atoms with Gasteiger partial charge >= 0.3 is 12.3 Å². The molecule has 0 fully saturated rings. The summed E-state index contributed by atoms with van der Waals surface area (Å²) in [6.07, 6.45) is 31.3. The molecule has 0 spiro atoms. The van der Waals surface area contributed by atoms with Gasteiger partial charge in [-0.05, 0) is 82.3 Å². The molecule has 0 aliphatic carbocycles. The second-order valence-electron chi connectivity index (χ2n) is 19.9. The number of carbonyl (C=O) groups excluding carboxylic acids is 2. The highest BCUT2D eigenvalue weighted by Crippen LogP contribution is 2.50. The van der Waals surface area contributed by atoms with Gasteiger partial charge in [0.2, 0.25) is 0 Å². The third-order valence-electron chi connectivity index (χ3n) is 14.3. The van der Waals surface area contributed by atoms with Crippen molar-refractivity contribution < 1.29 is 28.5 Å². The Morgan fingerprint density at radius 1 is 0.329 bits per heavy atom. The lowest BCUT2D eigenvalue weighted by Gasteiger charge is -2.22. The molecule has 70 heavy (non-hydrogen) atoms. The Hall–Kier alpha value is -5.10. The summed E-state index contributed by atoms with van der Waals surface area (Å²) >= 11 is 0. The van der Waals surface area contributed by atoms with Crippen LogP contribution in [0.15, 0.2) is 84.9 Å². The summed E-state index contributed by atoms with van der Waals surface area (Å²) in [6, 6.07) is 30.0. The molecule has 0 saturated heterocycles. The third-order valence-corrected chi connectivity index (χ3v) is 14.3. The van der Waals surface area contributed by atoms with Crippen LogP contribution >= 0.6 is 0 Å². The average Bonchev–Trinajstić information content (AvgIpc) is 3.38. The Kier molecular flexibility index (Phi) is 23.7. The van der Waals surface area contributed by atoms with Gasteiger partial charge in [0.25, 0.3) is 0 Å². The van der Waals surface area contributed by atoms with E-state index in [1.165, 1.54) is 127 Å². The minimum atomic E-state index is -0.669. The Balaban J connectivity index is 1.43. The van der Waals surface area contributed by atoms with E-state index in [2.05, 4.69) is 100 Å². The molecule has 6 rings (SSSR count). The van der Waals surface area contributed by atoms with E-state index in [1.807, 2.05) is 12.1 Å². The van der Waals surface area contributed by atoms with Gasteiger partial charge in [0.15, 0.2) is 0 Å². The number of unbranched alkanes of at least 4 members (excludes halogenated alkanes) is 22. The van der Waals surface area contributed by atoms with Crippen molar-refractivity contribution in [2.45, 2.75) is 207 Å². The quantitative estimate of drug-likeness (QED) is 0.0177. The summed E-state index contributed by atoms with van der Waals surface area (Å²) in [5, 5.41) is 7.41. The molecule has 0 saturated carbocycles. The number of benzene rings is 6. The second kappa shape index (κ2) is 30.6. The van der Waals surface area contributed by atoms with Crippen LogP contribution in [0.2, 0.25) is 0 Å². The molecule has 0 atom stereocenters. The van der Waals surface area contributed by atoms with E-state index in [1.54, 1.807) is 0 Å². The van der Waals surface area contributed by atoms with Crippen LogP contribution in [0.1, 0.15) is 206 Å². The zero-order valence-corrected chi connectivity index (χ0v) is 43.7. The maximum absolute atomic E-state index is 13.7. The first-order valence-corrected chi connectivity index (χ1v) is 28.1. The molecule has 6 aromatic rings. The lowest BCUT2D eigenvalue weighted by atomic mass is 9.84. The summed E-state index contributed by atoms with van der Waals surface area (Å²) < 4.78 is 24.2. The monoisotopic (exact) mass is 951 g/mol. The van der Waals surface area contributed by atoms with Crippen molar-refractivity contribution in [3.05, 3.63) is 96.1 Å². The summed E-state index contributed by atoms with van der Waals surface area (Å²) in [5.74, 6) is 1.04. The molecule has 0 amide bonds. The lowest BCUT2D eigenvalue weighted by molar-refractivity contribution is 0.0972. The third kappa shape index (κ3) is 16.0. The maximum Gasteiger partial charge on any atom is 0.513 e. The zero-order chi connectivity index (χ0) is 49.2. The Morgan fingerprint density at radius 2 is 0.629 bits per heavy atom. The summed E-state index contributed by atoms with van der Waals surface area (Å²) in [5.41, 5.74) is 4.65. The molecule has 0 bridgehead atoms. The average molecular weight is 951 g/mol. The van der Waals surface area contributed by atoms with E-state index >= 15 is 0 Å². The predicted molar refractivity (Wildman–Crippen MR) is 296 cm³/mol. The summed E-state index contributed by atoms with van der Waals surface area (Å²) in [4.78, 5) is 27.3. The van der Waals surface area contributed by atoms with Gasteiger partial charge in [-0.15, -0.1) is 0 Å². The SMILES string of the molecule is CCCCCCCCCCOC(=O)Oc1c2ccccc2c(-c2c3ccccc3c(OC(=O)OCCCCCCCCCC)c3ccc(CCCCCCC)cc23)c2cc(CCCCCCC)ccc12. The highest BCUT2D eigenvalue weighted by atomic mass is 16.7. The molecule has 0 aromatic heterocycles. The van der Waals surface area contributed by atoms with E-state index in [4.69, 9.17) is 18.9 Å². The standard InChI is InChI=1S/C64H86O6/c1-5-9-13-17-19-21-25-33-45-67-63(65)69-61-53-39-31-29-37-51(53)59(57-47-49(41-43-55(57)61)35-27-23-15-11-7-3)60-52-38-30-32-40-54(52)62(70-64(66)68-46-34-26-22-20-18-14-10-6-2)56-44-42-50(48-58(56)60)36-28-24-16-12-8-4/h29-32,37-44,47-48H,5-28,33-36,45-46H2,1-4H3. The number of fused-ring (bicyclic) bond motifs is 4. The van der Waals surface area contributed by atoms with Crippen LogP contribution in [0, 0.1) is 0 Å². The first-order valence-electron chi connectivity index (χ1n) is 28.1. The molecule has 6 nitrogen and oxygen atoms in total. The number of rotatable bonds is 33. The molecule has 0 heterocycles. The molecule has 6 heteroatoms. The van der Waals surface area contributed by atoms with Crippen molar-refractivity contribution >= 4 is 55.4 Å². The van der Waals surface area contributed by atoms with Crippen LogP contribution < -0.4 is 9.47 Å². The fourth-order valence-electron chi connectivity index (χ4n) is 10.3. The molecule has 378 valence electrons. The molecule has 6 aromatic carbocycles. The maximum atomic E-state index is 13.7. The van der Waals surface area contributed by atoms with Gasteiger partial charge in [-0.25, -0.2) is 9.59 Å². The Morgan fingerprint density at radius 3 is 0.986 bits per heavy atom. The van der Waals surface area contributed by atoms with Gasteiger partial charge < -0.3 is 18.9 Å². The van der Waals surface area contributed by atoms with Crippen molar-refractivity contribution in [2.75, 3.05) is 13.2 Å². The molecular formula is C64H86O6. The first-order chi connectivity index (χ1) is 34.5.